The van der Waals surface area contributed by atoms with Crippen LogP contribution in [0.3, 0.4) is 0 Å². The maximum absolute atomic E-state index is 9.82. The molecule has 0 aliphatic rings. The molecule has 0 atom stereocenters. The number of carbonyl (C=O) groups excluding carboxylic acids is 1. The quantitative estimate of drug-likeness (QED) is 0.704. The van der Waals surface area contributed by atoms with Crippen LogP contribution in [0.2, 0.25) is 0 Å². The summed E-state index contributed by atoms with van der Waals surface area (Å²) >= 11 is 0. The Morgan fingerprint density at radius 3 is 2.64 bits per heavy atom. The van der Waals surface area contributed by atoms with E-state index in [0.29, 0.717) is 16.7 Å². The standard InChI is InChI=1S/C10H5N2O2/c11-4-8-1-2-9(6-14-7-13)10(3-8)5-12/h1-3H,6H2. The molecule has 0 aliphatic carbocycles. The van der Waals surface area contributed by atoms with Gasteiger partial charge in [0.2, 0.25) is 0 Å². The number of benzene rings is 1. The Bertz CT molecular complexity index is 427. The van der Waals surface area contributed by atoms with Gasteiger partial charge in [-0.2, -0.15) is 10.5 Å². The van der Waals surface area contributed by atoms with Crippen LogP contribution in [0.5, 0.6) is 0 Å². The van der Waals surface area contributed by atoms with Gasteiger partial charge >= 0.3 is 6.47 Å². The van der Waals surface area contributed by atoms with E-state index in [4.69, 9.17) is 10.5 Å². The van der Waals surface area contributed by atoms with E-state index >= 15 is 0 Å². The monoisotopic (exact) mass is 185 g/mol. The SMILES string of the molecule is N#Cc1ccc(CO[C]=O)c(C#N)c1. The lowest BCUT2D eigenvalue weighted by molar-refractivity contribution is 0.267. The van der Waals surface area contributed by atoms with E-state index in [2.05, 4.69) is 4.74 Å². The first-order valence-corrected chi connectivity index (χ1v) is 3.74. The third-order valence-electron chi connectivity index (χ3n) is 1.65. The molecule has 1 aromatic rings. The highest BCUT2D eigenvalue weighted by Gasteiger charge is 2.03. The van der Waals surface area contributed by atoms with Gasteiger partial charge in [-0.3, -0.25) is 0 Å². The van der Waals surface area contributed by atoms with E-state index in [-0.39, 0.29) is 6.61 Å². The van der Waals surface area contributed by atoms with Crippen molar-refractivity contribution in [3.05, 3.63) is 34.9 Å². The molecule has 0 saturated carbocycles. The van der Waals surface area contributed by atoms with E-state index in [9.17, 15) is 4.79 Å². The Balaban J connectivity index is 3.02. The van der Waals surface area contributed by atoms with Crippen LogP contribution in [0.4, 0.5) is 0 Å². The average molecular weight is 185 g/mol. The number of ether oxygens (including phenoxy) is 1. The van der Waals surface area contributed by atoms with Gasteiger partial charge in [-0.05, 0) is 12.1 Å². The van der Waals surface area contributed by atoms with E-state index in [1.807, 2.05) is 12.1 Å². The first kappa shape index (κ1) is 9.76. The summed E-state index contributed by atoms with van der Waals surface area (Å²) in [4.78, 5) is 9.82. The number of rotatable bonds is 3. The lowest BCUT2D eigenvalue weighted by atomic mass is 10.1. The molecule has 1 aromatic carbocycles. The first-order valence-electron chi connectivity index (χ1n) is 3.74. The fraction of sp³-hybridized carbons (Fsp3) is 0.100. The minimum Gasteiger partial charge on any atom is -0.452 e. The van der Waals surface area contributed by atoms with Crippen molar-refractivity contribution in [1.29, 1.82) is 10.5 Å². The molecule has 1 radical (unpaired) electrons. The van der Waals surface area contributed by atoms with Crippen LogP contribution in [-0.4, -0.2) is 6.47 Å². The summed E-state index contributed by atoms with van der Waals surface area (Å²) in [6, 6.07) is 8.42. The first-order chi connectivity index (χ1) is 6.81. The molecule has 0 aliphatic heterocycles. The molecule has 67 valence electrons. The largest absolute Gasteiger partial charge is 0.452 e. The molecule has 4 heteroatoms. The average Bonchev–Trinajstić information content (AvgIpc) is 2.26. The predicted molar refractivity (Wildman–Crippen MR) is 46.4 cm³/mol. The lowest BCUT2D eigenvalue weighted by Crippen LogP contribution is -1.94. The van der Waals surface area contributed by atoms with Crippen molar-refractivity contribution in [2.24, 2.45) is 0 Å². The van der Waals surface area contributed by atoms with Crippen LogP contribution < -0.4 is 0 Å². The molecule has 0 N–H and O–H groups in total. The Morgan fingerprint density at radius 2 is 2.07 bits per heavy atom. The summed E-state index contributed by atoms with van der Waals surface area (Å²) in [5.41, 5.74) is 1.30. The second-order valence-corrected chi connectivity index (χ2v) is 2.47. The van der Waals surface area contributed by atoms with Gasteiger partial charge in [0.05, 0.1) is 23.3 Å². The van der Waals surface area contributed by atoms with E-state index < -0.39 is 0 Å². The van der Waals surface area contributed by atoms with Crippen LogP contribution >= 0.6 is 0 Å². The minimum atomic E-state index is -0.00188. The number of nitriles is 2. The highest BCUT2D eigenvalue weighted by atomic mass is 16.5. The van der Waals surface area contributed by atoms with Crippen molar-refractivity contribution in [3.63, 3.8) is 0 Å². The van der Waals surface area contributed by atoms with Crippen LogP contribution in [0.1, 0.15) is 16.7 Å². The highest BCUT2D eigenvalue weighted by Crippen LogP contribution is 2.11. The lowest BCUT2D eigenvalue weighted by Gasteiger charge is -2.01. The topological polar surface area (TPSA) is 73.9 Å². The fourth-order valence-corrected chi connectivity index (χ4v) is 0.983. The van der Waals surface area contributed by atoms with Crippen molar-refractivity contribution in [2.45, 2.75) is 6.61 Å². The third-order valence-corrected chi connectivity index (χ3v) is 1.65. The Hall–Kier alpha value is -2.33. The molecule has 0 amide bonds. The van der Waals surface area contributed by atoms with Crippen LogP contribution in [0, 0.1) is 22.7 Å². The summed E-state index contributed by atoms with van der Waals surface area (Å²) in [5.74, 6) is 0. The maximum Gasteiger partial charge on any atom is 0.417 e. The van der Waals surface area contributed by atoms with Gasteiger partial charge in [-0.25, -0.2) is 4.79 Å². The van der Waals surface area contributed by atoms with Crippen LogP contribution in [0.25, 0.3) is 0 Å². The molecule has 14 heavy (non-hydrogen) atoms. The Morgan fingerprint density at radius 1 is 1.29 bits per heavy atom. The van der Waals surface area contributed by atoms with E-state index in [1.165, 1.54) is 12.5 Å². The zero-order valence-corrected chi connectivity index (χ0v) is 7.15. The van der Waals surface area contributed by atoms with Gasteiger partial charge in [0.1, 0.15) is 6.61 Å². The molecule has 4 nitrogen and oxygen atoms in total. The van der Waals surface area contributed by atoms with Crippen molar-refractivity contribution in [1.82, 2.24) is 0 Å². The van der Waals surface area contributed by atoms with Gasteiger partial charge in [0.25, 0.3) is 0 Å². The summed E-state index contributed by atoms with van der Waals surface area (Å²) in [6.07, 6.45) is 0. The van der Waals surface area contributed by atoms with Crippen molar-refractivity contribution < 1.29 is 9.53 Å². The Kier molecular flexibility index (Phi) is 3.23. The molecule has 0 unspecified atom stereocenters. The van der Waals surface area contributed by atoms with Gasteiger partial charge in [0, 0.05) is 5.56 Å². The zero-order valence-electron chi connectivity index (χ0n) is 7.15. The van der Waals surface area contributed by atoms with Gasteiger partial charge in [-0.1, -0.05) is 6.07 Å². The summed E-state index contributed by atoms with van der Waals surface area (Å²) in [7, 11) is 0. The number of hydrogen-bond donors (Lipinski definition) is 0. The highest BCUT2D eigenvalue weighted by molar-refractivity contribution is 5.45. The van der Waals surface area contributed by atoms with Gasteiger partial charge < -0.3 is 4.74 Å². The fourth-order valence-electron chi connectivity index (χ4n) is 0.983. The normalized spacial score (nSPS) is 8.43. The molecule has 0 aromatic heterocycles. The van der Waals surface area contributed by atoms with Gasteiger partial charge in [0.15, 0.2) is 0 Å². The minimum absolute atomic E-state index is 0.00188. The molecular formula is C10H5N2O2. The molecule has 0 fully saturated rings. The van der Waals surface area contributed by atoms with Gasteiger partial charge in [-0.15, -0.1) is 0 Å². The summed E-state index contributed by atoms with van der Waals surface area (Å²) < 4.78 is 4.40. The molecule has 0 heterocycles. The van der Waals surface area contributed by atoms with Crippen molar-refractivity contribution >= 4 is 6.47 Å². The van der Waals surface area contributed by atoms with Crippen LogP contribution in [-0.2, 0) is 16.1 Å². The third kappa shape index (κ3) is 2.09. The summed E-state index contributed by atoms with van der Waals surface area (Å²) in [6.45, 7) is 1.27. The second kappa shape index (κ2) is 4.64. The predicted octanol–water partition coefficient (Wildman–Crippen LogP) is 1.01. The smallest absolute Gasteiger partial charge is 0.417 e. The molecule has 0 bridgehead atoms. The summed E-state index contributed by atoms with van der Waals surface area (Å²) in [5, 5.41) is 17.3. The number of nitrogens with zero attached hydrogens (tertiary/aromatic N) is 2. The molecule has 0 spiro atoms. The Labute approximate surface area is 81.0 Å². The van der Waals surface area contributed by atoms with Crippen molar-refractivity contribution in [2.75, 3.05) is 0 Å². The van der Waals surface area contributed by atoms with E-state index in [0.717, 1.165) is 0 Å². The molecule has 0 saturated heterocycles. The molecular weight excluding hydrogens is 180 g/mol. The maximum atomic E-state index is 9.82. The van der Waals surface area contributed by atoms with E-state index in [1.54, 1.807) is 12.1 Å². The zero-order chi connectivity index (χ0) is 10.4. The second-order valence-electron chi connectivity index (χ2n) is 2.47. The van der Waals surface area contributed by atoms with Crippen molar-refractivity contribution in [3.8, 4) is 12.1 Å². The van der Waals surface area contributed by atoms with Crippen LogP contribution in [0.15, 0.2) is 18.2 Å². The number of hydrogen-bond acceptors (Lipinski definition) is 4. The molecule has 1 rings (SSSR count).